The number of rotatable bonds is 11. The minimum Gasteiger partial charge on any atom is -0.494 e. The SMILES string of the molecule is CCCCCCCCOc1ccc(-c2nnc(-c3ccc(Br)cc3)n2-c2ccccc2)cc1. The highest BCUT2D eigenvalue weighted by Crippen LogP contribution is 2.30. The van der Waals surface area contributed by atoms with Gasteiger partial charge in [0.1, 0.15) is 5.75 Å². The minimum atomic E-state index is 0.763. The molecule has 0 aliphatic carbocycles. The molecule has 170 valence electrons. The fraction of sp³-hybridized carbons (Fsp3) is 0.286. The van der Waals surface area contributed by atoms with Crippen molar-refractivity contribution in [3.8, 4) is 34.2 Å². The summed E-state index contributed by atoms with van der Waals surface area (Å²) in [6, 6.07) is 26.6. The maximum Gasteiger partial charge on any atom is 0.168 e. The standard InChI is InChI=1S/C28H30BrN3O/c1-2-3-4-5-6-10-21-33-26-19-15-23(16-20-26)28-31-30-27(22-13-17-24(29)18-14-22)32(28)25-11-8-7-9-12-25/h7-9,11-20H,2-6,10,21H2,1H3. The highest BCUT2D eigenvalue weighted by molar-refractivity contribution is 9.10. The molecular formula is C28H30BrN3O. The maximum atomic E-state index is 5.96. The van der Waals surface area contributed by atoms with Gasteiger partial charge in [0.05, 0.1) is 6.61 Å². The molecule has 0 amide bonds. The summed E-state index contributed by atoms with van der Waals surface area (Å²) in [5.74, 6) is 2.51. The van der Waals surface area contributed by atoms with Gasteiger partial charge in [0, 0.05) is 21.3 Å². The zero-order valence-electron chi connectivity index (χ0n) is 19.1. The summed E-state index contributed by atoms with van der Waals surface area (Å²) in [6.45, 7) is 3.01. The molecule has 1 aromatic heterocycles. The molecule has 4 rings (SSSR count). The number of nitrogens with zero attached hydrogens (tertiary/aromatic N) is 3. The highest BCUT2D eigenvalue weighted by Gasteiger charge is 2.17. The van der Waals surface area contributed by atoms with Crippen molar-refractivity contribution in [2.45, 2.75) is 45.4 Å². The fourth-order valence-corrected chi connectivity index (χ4v) is 4.12. The Morgan fingerprint density at radius 1 is 0.697 bits per heavy atom. The molecule has 0 bridgehead atoms. The first-order valence-corrected chi connectivity index (χ1v) is 12.6. The molecule has 0 atom stereocenters. The van der Waals surface area contributed by atoms with Crippen LogP contribution in [0.4, 0.5) is 0 Å². The van der Waals surface area contributed by atoms with Crippen molar-refractivity contribution in [2.24, 2.45) is 0 Å². The lowest BCUT2D eigenvalue weighted by Gasteiger charge is -2.11. The lowest BCUT2D eigenvalue weighted by Crippen LogP contribution is -2.00. The molecule has 4 nitrogen and oxygen atoms in total. The average Bonchev–Trinajstić information content (AvgIpc) is 3.30. The molecule has 4 aromatic rings. The number of unbranched alkanes of at least 4 members (excludes halogenated alkanes) is 5. The summed E-state index contributed by atoms with van der Waals surface area (Å²) in [5, 5.41) is 9.11. The van der Waals surface area contributed by atoms with Crippen molar-refractivity contribution in [2.75, 3.05) is 6.61 Å². The van der Waals surface area contributed by atoms with Gasteiger partial charge in [-0.05, 0) is 55.0 Å². The van der Waals surface area contributed by atoms with Gasteiger partial charge in [-0.25, -0.2) is 0 Å². The summed E-state index contributed by atoms with van der Waals surface area (Å²) in [6.07, 6.45) is 7.58. The Morgan fingerprint density at radius 3 is 1.91 bits per heavy atom. The van der Waals surface area contributed by atoms with E-state index in [9.17, 15) is 0 Å². The van der Waals surface area contributed by atoms with Gasteiger partial charge in [-0.15, -0.1) is 10.2 Å². The van der Waals surface area contributed by atoms with Gasteiger partial charge < -0.3 is 4.74 Å². The molecule has 0 unspecified atom stereocenters. The van der Waals surface area contributed by atoms with Crippen LogP contribution in [-0.2, 0) is 0 Å². The van der Waals surface area contributed by atoms with Crippen LogP contribution in [0.2, 0.25) is 0 Å². The second-order valence-electron chi connectivity index (χ2n) is 8.17. The summed E-state index contributed by atoms with van der Waals surface area (Å²) in [4.78, 5) is 0. The molecule has 0 aliphatic rings. The van der Waals surface area contributed by atoms with E-state index in [4.69, 9.17) is 4.74 Å². The molecule has 33 heavy (non-hydrogen) atoms. The van der Waals surface area contributed by atoms with Crippen LogP contribution in [0.15, 0.2) is 83.3 Å². The van der Waals surface area contributed by atoms with E-state index in [1.165, 1.54) is 32.1 Å². The predicted octanol–water partition coefficient (Wildman–Crippen LogP) is 8.10. The Morgan fingerprint density at radius 2 is 1.27 bits per heavy atom. The van der Waals surface area contributed by atoms with Crippen molar-refractivity contribution in [1.82, 2.24) is 14.8 Å². The van der Waals surface area contributed by atoms with Crippen LogP contribution in [0.1, 0.15) is 45.4 Å². The van der Waals surface area contributed by atoms with E-state index in [-0.39, 0.29) is 0 Å². The van der Waals surface area contributed by atoms with Gasteiger partial charge in [0.15, 0.2) is 11.6 Å². The van der Waals surface area contributed by atoms with E-state index in [0.717, 1.165) is 51.7 Å². The minimum absolute atomic E-state index is 0.763. The summed E-state index contributed by atoms with van der Waals surface area (Å²) in [7, 11) is 0. The second-order valence-corrected chi connectivity index (χ2v) is 9.08. The number of ether oxygens (including phenoxy) is 1. The van der Waals surface area contributed by atoms with Crippen LogP contribution in [0, 0.1) is 0 Å². The number of hydrogen-bond acceptors (Lipinski definition) is 3. The van der Waals surface area contributed by atoms with Crippen molar-refractivity contribution < 1.29 is 4.74 Å². The third-order valence-corrected chi connectivity index (χ3v) is 6.19. The van der Waals surface area contributed by atoms with Crippen molar-refractivity contribution in [3.63, 3.8) is 0 Å². The van der Waals surface area contributed by atoms with E-state index in [1.807, 2.05) is 42.5 Å². The van der Waals surface area contributed by atoms with Gasteiger partial charge in [-0.3, -0.25) is 4.57 Å². The van der Waals surface area contributed by atoms with Crippen LogP contribution < -0.4 is 4.74 Å². The Balaban J connectivity index is 1.52. The first-order chi connectivity index (χ1) is 16.3. The first-order valence-electron chi connectivity index (χ1n) is 11.8. The Labute approximate surface area is 204 Å². The van der Waals surface area contributed by atoms with Crippen LogP contribution in [0.25, 0.3) is 28.5 Å². The number of benzene rings is 3. The van der Waals surface area contributed by atoms with E-state index in [0.29, 0.717) is 0 Å². The Hall–Kier alpha value is -2.92. The monoisotopic (exact) mass is 503 g/mol. The maximum absolute atomic E-state index is 5.96. The fourth-order valence-electron chi connectivity index (χ4n) is 3.85. The third kappa shape index (κ3) is 6.11. The third-order valence-electron chi connectivity index (χ3n) is 5.66. The molecule has 1 heterocycles. The zero-order valence-corrected chi connectivity index (χ0v) is 20.7. The molecule has 0 spiro atoms. The molecule has 0 radical (unpaired) electrons. The van der Waals surface area contributed by atoms with Crippen LogP contribution in [-0.4, -0.2) is 21.4 Å². The molecular weight excluding hydrogens is 474 g/mol. The normalized spacial score (nSPS) is 11.0. The molecule has 5 heteroatoms. The molecule has 0 saturated heterocycles. The lowest BCUT2D eigenvalue weighted by molar-refractivity contribution is 0.304. The lowest BCUT2D eigenvalue weighted by atomic mass is 10.1. The van der Waals surface area contributed by atoms with Crippen molar-refractivity contribution in [3.05, 3.63) is 83.3 Å². The van der Waals surface area contributed by atoms with Crippen LogP contribution >= 0.6 is 15.9 Å². The topological polar surface area (TPSA) is 39.9 Å². The molecule has 0 fully saturated rings. The van der Waals surface area contributed by atoms with Gasteiger partial charge in [-0.1, -0.05) is 85.3 Å². The van der Waals surface area contributed by atoms with Gasteiger partial charge in [-0.2, -0.15) is 0 Å². The summed E-state index contributed by atoms with van der Waals surface area (Å²) < 4.78 is 9.10. The van der Waals surface area contributed by atoms with Gasteiger partial charge in [0.2, 0.25) is 0 Å². The van der Waals surface area contributed by atoms with Crippen LogP contribution in [0.3, 0.4) is 0 Å². The van der Waals surface area contributed by atoms with Crippen LogP contribution in [0.5, 0.6) is 5.75 Å². The average molecular weight is 504 g/mol. The van der Waals surface area contributed by atoms with E-state index in [1.54, 1.807) is 0 Å². The largest absolute Gasteiger partial charge is 0.494 e. The number of para-hydroxylation sites is 1. The molecule has 3 aromatic carbocycles. The highest BCUT2D eigenvalue weighted by atomic mass is 79.9. The quantitative estimate of drug-likeness (QED) is 0.194. The van der Waals surface area contributed by atoms with Crippen molar-refractivity contribution >= 4 is 15.9 Å². The predicted molar refractivity (Wildman–Crippen MR) is 139 cm³/mol. The van der Waals surface area contributed by atoms with E-state index >= 15 is 0 Å². The molecule has 0 saturated carbocycles. The number of halogens is 1. The molecule has 0 aliphatic heterocycles. The summed E-state index contributed by atoms with van der Waals surface area (Å²) >= 11 is 3.51. The second kappa shape index (κ2) is 11.8. The van der Waals surface area contributed by atoms with E-state index < -0.39 is 0 Å². The summed E-state index contributed by atoms with van der Waals surface area (Å²) in [5.41, 5.74) is 3.04. The number of aromatic nitrogens is 3. The Bertz CT molecular complexity index is 1120. The Kier molecular flexibility index (Phi) is 8.31. The van der Waals surface area contributed by atoms with Gasteiger partial charge >= 0.3 is 0 Å². The first kappa shape index (κ1) is 23.2. The smallest absolute Gasteiger partial charge is 0.168 e. The zero-order chi connectivity index (χ0) is 22.9. The molecule has 0 N–H and O–H groups in total. The van der Waals surface area contributed by atoms with Crippen molar-refractivity contribution in [1.29, 1.82) is 0 Å². The van der Waals surface area contributed by atoms with Gasteiger partial charge in [0.25, 0.3) is 0 Å². The van der Waals surface area contributed by atoms with E-state index in [2.05, 4.69) is 74.0 Å². The number of hydrogen-bond donors (Lipinski definition) is 0.